The molecule has 0 aliphatic carbocycles. The lowest BCUT2D eigenvalue weighted by molar-refractivity contribution is 0.0934. The number of aryl methyl sites for hydroxylation is 1. The number of thioether (sulfide) groups is 1. The third-order valence-corrected chi connectivity index (χ3v) is 8.91. The fourth-order valence-electron chi connectivity index (χ4n) is 4.04. The number of carbonyl (C=O) groups is 1. The minimum atomic E-state index is -3.64. The van der Waals surface area contributed by atoms with Crippen molar-refractivity contribution < 1.29 is 17.6 Å². The summed E-state index contributed by atoms with van der Waals surface area (Å²) in [6.07, 6.45) is 3.44. The molecule has 5 nitrogen and oxygen atoms in total. The van der Waals surface area contributed by atoms with Crippen LogP contribution in [0.15, 0.2) is 46.2 Å². The van der Waals surface area contributed by atoms with E-state index in [0.29, 0.717) is 41.3 Å². The first kappa shape index (κ1) is 21.3. The van der Waals surface area contributed by atoms with Gasteiger partial charge in [0.15, 0.2) is 0 Å². The normalized spacial score (nSPS) is 19.9. The van der Waals surface area contributed by atoms with Crippen LogP contribution in [0.5, 0.6) is 0 Å². The molecule has 2 aliphatic heterocycles. The number of sulfonamides is 1. The summed E-state index contributed by atoms with van der Waals surface area (Å²) >= 11 is 1.45. The van der Waals surface area contributed by atoms with E-state index in [4.69, 9.17) is 0 Å². The summed E-state index contributed by atoms with van der Waals surface area (Å²) < 4.78 is 41.9. The largest absolute Gasteiger partial charge is 0.345 e. The van der Waals surface area contributed by atoms with Gasteiger partial charge >= 0.3 is 0 Å². The highest BCUT2D eigenvalue weighted by Crippen LogP contribution is 2.38. The van der Waals surface area contributed by atoms with Crippen LogP contribution in [-0.4, -0.2) is 37.5 Å². The van der Waals surface area contributed by atoms with Crippen molar-refractivity contribution in [1.29, 1.82) is 0 Å². The van der Waals surface area contributed by atoms with Crippen molar-refractivity contribution in [2.75, 3.05) is 18.8 Å². The fraction of sp³-hybridized carbons (Fsp3) is 0.409. The minimum Gasteiger partial charge on any atom is -0.345 e. The van der Waals surface area contributed by atoms with Gasteiger partial charge in [-0.3, -0.25) is 4.79 Å². The molecule has 4 rings (SSSR count). The van der Waals surface area contributed by atoms with Crippen molar-refractivity contribution >= 4 is 27.7 Å². The molecular weight excluding hydrogens is 423 g/mol. The second-order valence-corrected chi connectivity index (χ2v) is 10.8. The summed E-state index contributed by atoms with van der Waals surface area (Å²) in [6.45, 7) is 2.77. The summed E-state index contributed by atoms with van der Waals surface area (Å²) in [5.74, 6) is 0.0837. The maximum absolute atomic E-state index is 14.1. The lowest BCUT2D eigenvalue weighted by Gasteiger charge is -2.27. The zero-order chi connectivity index (χ0) is 21.3. The number of rotatable bonds is 4. The zero-order valence-corrected chi connectivity index (χ0v) is 18.5. The van der Waals surface area contributed by atoms with Gasteiger partial charge in [-0.05, 0) is 55.5 Å². The Morgan fingerprint density at radius 1 is 1.17 bits per heavy atom. The first-order valence-electron chi connectivity index (χ1n) is 10.2. The van der Waals surface area contributed by atoms with E-state index in [2.05, 4.69) is 5.32 Å². The Morgan fingerprint density at radius 3 is 2.70 bits per heavy atom. The lowest BCUT2D eigenvalue weighted by Crippen LogP contribution is -2.36. The Balaban J connectivity index is 1.59. The molecule has 1 N–H and O–H groups in total. The van der Waals surface area contributed by atoms with Gasteiger partial charge in [0, 0.05) is 29.3 Å². The van der Waals surface area contributed by atoms with Crippen LogP contribution in [0.2, 0.25) is 0 Å². The maximum atomic E-state index is 14.1. The number of nitrogens with one attached hydrogen (secondary N) is 1. The van der Waals surface area contributed by atoms with Gasteiger partial charge in [-0.1, -0.05) is 24.6 Å². The van der Waals surface area contributed by atoms with Gasteiger partial charge in [0.2, 0.25) is 10.0 Å². The summed E-state index contributed by atoms with van der Waals surface area (Å²) in [5, 5.41) is 2.97. The standard InChI is InChI=1S/C22H25FN2O3S2/c1-15-8-9-16(14-20(15)30(27,28)25-11-3-2-4-12-25)22(26)24-19-10-13-29-21-17(19)6-5-7-18(21)23/h5-9,14,19H,2-4,10-13H2,1H3,(H,24,26)/t19-/m0/s1. The number of hydrogen-bond donors (Lipinski definition) is 1. The van der Waals surface area contributed by atoms with Gasteiger partial charge in [-0.25, -0.2) is 12.8 Å². The minimum absolute atomic E-state index is 0.183. The predicted octanol–water partition coefficient (Wildman–Crippen LogP) is 4.28. The number of carbonyl (C=O) groups excluding carboxylic acids is 1. The topological polar surface area (TPSA) is 66.5 Å². The SMILES string of the molecule is Cc1ccc(C(=O)N[C@H]2CCSc3c(F)cccc32)cc1S(=O)(=O)N1CCCCC1. The molecule has 0 spiro atoms. The molecule has 2 aliphatic rings. The highest BCUT2D eigenvalue weighted by Gasteiger charge is 2.29. The van der Waals surface area contributed by atoms with Crippen molar-refractivity contribution in [3.63, 3.8) is 0 Å². The molecule has 1 atom stereocenters. The van der Waals surface area contributed by atoms with E-state index in [1.54, 1.807) is 25.1 Å². The van der Waals surface area contributed by atoms with Gasteiger partial charge in [-0.15, -0.1) is 11.8 Å². The van der Waals surface area contributed by atoms with E-state index in [9.17, 15) is 17.6 Å². The molecule has 0 saturated carbocycles. The molecule has 0 bridgehead atoms. The van der Waals surface area contributed by atoms with Gasteiger partial charge in [0.1, 0.15) is 5.82 Å². The quantitative estimate of drug-likeness (QED) is 0.758. The van der Waals surface area contributed by atoms with E-state index < -0.39 is 10.0 Å². The molecule has 0 radical (unpaired) electrons. The van der Waals surface area contributed by atoms with E-state index in [-0.39, 0.29) is 22.7 Å². The third-order valence-electron chi connectivity index (χ3n) is 5.71. The second kappa shape index (κ2) is 8.69. The van der Waals surface area contributed by atoms with Crippen molar-refractivity contribution in [3.8, 4) is 0 Å². The summed E-state index contributed by atoms with van der Waals surface area (Å²) in [7, 11) is -3.64. The molecular formula is C22H25FN2O3S2. The average molecular weight is 449 g/mol. The molecule has 0 aromatic heterocycles. The van der Waals surface area contributed by atoms with Crippen LogP contribution in [0, 0.1) is 12.7 Å². The molecule has 2 aromatic carbocycles. The Kier molecular flexibility index (Phi) is 6.18. The van der Waals surface area contributed by atoms with Gasteiger partial charge in [0.25, 0.3) is 5.91 Å². The van der Waals surface area contributed by atoms with Crippen molar-refractivity contribution in [1.82, 2.24) is 9.62 Å². The second-order valence-electron chi connectivity index (χ2n) is 7.77. The van der Waals surface area contributed by atoms with Crippen LogP contribution < -0.4 is 5.32 Å². The summed E-state index contributed by atoms with van der Waals surface area (Å²) in [4.78, 5) is 13.7. The number of hydrogen-bond acceptors (Lipinski definition) is 4. The van der Waals surface area contributed by atoms with Crippen LogP contribution >= 0.6 is 11.8 Å². The first-order valence-corrected chi connectivity index (χ1v) is 12.6. The molecule has 160 valence electrons. The van der Waals surface area contributed by atoms with Crippen molar-refractivity contribution in [2.24, 2.45) is 0 Å². The monoisotopic (exact) mass is 448 g/mol. The maximum Gasteiger partial charge on any atom is 0.251 e. The van der Waals surface area contributed by atoms with Crippen molar-refractivity contribution in [3.05, 3.63) is 58.9 Å². The highest BCUT2D eigenvalue weighted by atomic mass is 32.2. The molecule has 1 saturated heterocycles. The average Bonchev–Trinajstić information content (AvgIpc) is 2.75. The van der Waals surface area contributed by atoms with Crippen LogP contribution in [0.1, 0.15) is 53.2 Å². The van der Waals surface area contributed by atoms with E-state index in [0.717, 1.165) is 24.8 Å². The predicted molar refractivity (Wildman–Crippen MR) is 116 cm³/mol. The van der Waals surface area contributed by atoms with Crippen LogP contribution in [-0.2, 0) is 10.0 Å². The number of benzene rings is 2. The summed E-state index contributed by atoms with van der Waals surface area (Å²) in [5.41, 5.74) is 1.69. The van der Waals surface area contributed by atoms with Crippen molar-refractivity contribution in [2.45, 2.75) is 48.4 Å². The van der Waals surface area contributed by atoms with Gasteiger partial charge < -0.3 is 5.32 Å². The Hall–Kier alpha value is -1.90. The number of halogens is 1. The molecule has 2 heterocycles. The number of amides is 1. The van der Waals surface area contributed by atoms with E-state index in [1.807, 2.05) is 6.07 Å². The van der Waals surface area contributed by atoms with Crippen LogP contribution in [0.25, 0.3) is 0 Å². The Morgan fingerprint density at radius 2 is 1.93 bits per heavy atom. The number of nitrogens with zero attached hydrogens (tertiary/aromatic N) is 1. The Labute approximate surface area is 181 Å². The molecule has 8 heteroatoms. The van der Waals surface area contributed by atoms with Crippen LogP contribution in [0.4, 0.5) is 4.39 Å². The molecule has 1 fully saturated rings. The highest BCUT2D eigenvalue weighted by molar-refractivity contribution is 7.99. The molecule has 2 aromatic rings. The molecule has 30 heavy (non-hydrogen) atoms. The third kappa shape index (κ3) is 4.13. The zero-order valence-electron chi connectivity index (χ0n) is 16.9. The first-order chi connectivity index (χ1) is 14.4. The Bertz CT molecular complexity index is 1070. The lowest BCUT2D eigenvalue weighted by atomic mass is 10.0. The van der Waals surface area contributed by atoms with Gasteiger partial charge in [-0.2, -0.15) is 4.31 Å². The molecule has 1 amide bonds. The van der Waals surface area contributed by atoms with Crippen LogP contribution in [0.3, 0.4) is 0 Å². The summed E-state index contributed by atoms with van der Waals surface area (Å²) in [6, 6.07) is 9.39. The fourth-order valence-corrected chi connectivity index (χ4v) is 6.95. The number of piperidine rings is 1. The van der Waals surface area contributed by atoms with E-state index in [1.165, 1.54) is 28.2 Å². The number of fused-ring (bicyclic) bond motifs is 1. The molecule has 0 unspecified atom stereocenters. The smallest absolute Gasteiger partial charge is 0.251 e. The van der Waals surface area contributed by atoms with Gasteiger partial charge in [0.05, 0.1) is 10.9 Å². The van der Waals surface area contributed by atoms with E-state index >= 15 is 0 Å².